The van der Waals surface area contributed by atoms with Crippen molar-refractivity contribution < 1.29 is 9.21 Å². The van der Waals surface area contributed by atoms with Crippen LogP contribution in [0.5, 0.6) is 0 Å². The summed E-state index contributed by atoms with van der Waals surface area (Å²) in [5.74, 6) is -0.0558. The number of rotatable bonds is 3. The second kappa shape index (κ2) is 4.94. The zero-order valence-corrected chi connectivity index (χ0v) is 11.1. The summed E-state index contributed by atoms with van der Waals surface area (Å²) < 4.78 is 6.28. The zero-order valence-electron chi connectivity index (χ0n) is 8.80. The lowest BCUT2D eigenvalue weighted by atomic mass is 10.2. The summed E-state index contributed by atoms with van der Waals surface area (Å²) in [6.45, 7) is 3.71. The second-order valence-corrected chi connectivity index (χ2v) is 4.86. The number of halogens is 2. The standard InChI is InChI=1S/C12H9BrClNO2/c1-7(14)6-15-12(16)10-5-8-3-2-4-9(13)11(8)17-10/h2-5H,1,6H2,(H,15,16). The van der Waals surface area contributed by atoms with Gasteiger partial charge >= 0.3 is 0 Å². The summed E-state index contributed by atoms with van der Waals surface area (Å²) >= 11 is 8.93. The molecule has 0 bridgehead atoms. The molecule has 0 aliphatic heterocycles. The van der Waals surface area contributed by atoms with Crippen molar-refractivity contribution in [2.24, 2.45) is 0 Å². The van der Waals surface area contributed by atoms with Crippen LogP contribution in [0.2, 0.25) is 0 Å². The van der Waals surface area contributed by atoms with Crippen LogP contribution >= 0.6 is 27.5 Å². The van der Waals surface area contributed by atoms with E-state index in [9.17, 15) is 4.79 Å². The molecule has 0 saturated heterocycles. The fraction of sp³-hybridized carbons (Fsp3) is 0.0833. The van der Waals surface area contributed by atoms with Crippen LogP contribution < -0.4 is 5.32 Å². The van der Waals surface area contributed by atoms with Crippen LogP contribution in [0.3, 0.4) is 0 Å². The number of benzene rings is 1. The van der Waals surface area contributed by atoms with Crippen LogP contribution in [0.25, 0.3) is 11.0 Å². The van der Waals surface area contributed by atoms with E-state index in [0.29, 0.717) is 10.6 Å². The van der Waals surface area contributed by atoms with E-state index in [-0.39, 0.29) is 18.2 Å². The normalized spacial score (nSPS) is 10.5. The summed E-state index contributed by atoms with van der Waals surface area (Å²) in [7, 11) is 0. The van der Waals surface area contributed by atoms with Crippen LogP contribution in [0.1, 0.15) is 10.6 Å². The highest BCUT2D eigenvalue weighted by Gasteiger charge is 2.13. The molecule has 0 saturated carbocycles. The second-order valence-electron chi connectivity index (χ2n) is 3.47. The Balaban J connectivity index is 2.27. The molecule has 1 aromatic carbocycles. The molecule has 1 amide bonds. The minimum absolute atomic E-state index is 0.221. The predicted molar refractivity (Wildman–Crippen MR) is 71.2 cm³/mol. The summed E-state index contributed by atoms with van der Waals surface area (Å²) in [5.41, 5.74) is 0.655. The van der Waals surface area contributed by atoms with Crippen molar-refractivity contribution in [3.8, 4) is 0 Å². The molecule has 0 aliphatic rings. The van der Waals surface area contributed by atoms with E-state index in [2.05, 4.69) is 27.8 Å². The Morgan fingerprint density at radius 1 is 1.53 bits per heavy atom. The minimum Gasteiger partial charge on any atom is -0.450 e. The summed E-state index contributed by atoms with van der Waals surface area (Å²) in [4.78, 5) is 11.7. The molecule has 88 valence electrons. The lowest BCUT2D eigenvalue weighted by molar-refractivity contribution is 0.0932. The van der Waals surface area contributed by atoms with E-state index in [1.54, 1.807) is 6.07 Å². The Morgan fingerprint density at radius 3 is 2.94 bits per heavy atom. The van der Waals surface area contributed by atoms with Gasteiger partial charge in [-0.2, -0.15) is 0 Å². The van der Waals surface area contributed by atoms with Crippen LogP contribution in [0.15, 0.2) is 44.8 Å². The maximum atomic E-state index is 11.7. The molecule has 1 heterocycles. The number of fused-ring (bicyclic) bond motifs is 1. The molecule has 2 rings (SSSR count). The SMILES string of the molecule is C=C(Cl)CNC(=O)c1cc2cccc(Br)c2o1. The van der Waals surface area contributed by atoms with Gasteiger partial charge in [-0.25, -0.2) is 0 Å². The van der Waals surface area contributed by atoms with Crippen molar-refractivity contribution in [1.82, 2.24) is 5.32 Å². The first-order chi connectivity index (χ1) is 8.08. The van der Waals surface area contributed by atoms with Gasteiger partial charge in [0.25, 0.3) is 5.91 Å². The monoisotopic (exact) mass is 313 g/mol. The maximum Gasteiger partial charge on any atom is 0.287 e. The molecule has 3 nitrogen and oxygen atoms in total. The first-order valence-corrected chi connectivity index (χ1v) is 6.04. The molecule has 0 atom stereocenters. The number of para-hydroxylation sites is 1. The summed E-state index contributed by atoms with van der Waals surface area (Å²) in [6, 6.07) is 7.30. The smallest absolute Gasteiger partial charge is 0.287 e. The maximum absolute atomic E-state index is 11.7. The highest BCUT2D eigenvalue weighted by Crippen LogP contribution is 2.26. The minimum atomic E-state index is -0.310. The third kappa shape index (κ3) is 2.70. The average molecular weight is 315 g/mol. The predicted octanol–water partition coefficient (Wildman–Crippen LogP) is 3.68. The van der Waals surface area contributed by atoms with Gasteiger partial charge in [0.05, 0.1) is 11.0 Å². The zero-order chi connectivity index (χ0) is 12.4. The molecule has 0 spiro atoms. The van der Waals surface area contributed by atoms with Crippen LogP contribution in [-0.2, 0) is 0 Å². The average Bonchev–Trinajstić information content (AvgIpc) is 2.71. The van der Waals surface area contributed by atoms with Crippen LogP contribution in [0.4, 0.5) is 0 Å². The molecular formula is C12H9BrClNO2. The molecule has 1 aromatic heterocycles. The van der Waals surface area contributed by atoms with Gasteiger partial charge in [0, 0.05) is 10.4 Å². The highest BCUT2D eigenvalue weighted by molar-refractivity contribution is 9.10. The molecule has 0 radical (unpaired) electrons. The van der Waals surface area contributed by atoms with Gasteiger partial charge in [-0.05, 0) is 28.1 Å². The Labute approximate surface area is 112 Å². The van der Waals surface area contributed by atoms with Crippen molar-refractivity contribution in [2.75, 3.05) is 6.54 Å². The van der Waals surface area contributed by atoms with E-state index in [0.717, 1.165) is 9.86 Å². The molecule has 2 aromatic rings. The first kappa shape index (κ1) is 12.2. The lowest BCUT2D eigenvalue weighted by Gasteiger charge is -1.99. The fourth-order valence-corrected chi connectivity index (χ4v) is 1.93. The Bertz CT molecular complexity index is 591. The van der Waals surface area contributed by atoms with Gasteiger partial charge in [0.1, 0.15) is 5.58 Å². The van der Waals surface area contributed by atoms with Gasteiger partial charge in [-0.15, -0.1) is 0 Å². The number of hydrogen-bond acceptors (Lipinski definition) is 2. The quantitative estimate of drug-likeness (QED) is 0.939. The summed E-state index contributed by atoms with van der Waals surface area (Å²) in [6.07, 6.45) is 0. The number of amides is 1. The van der Waals surface area contributed by atoms with Crippen molar-refractivity contribution in [2.45, 2.75) is 0 Å². The lowest BCUT2D eigenvalue weighted by Crippen LogP contribution is -2.23. The first-order valence-electron chi connectivity index (χ1n) is 4.87. The van der Waals surface area contributed by atoms with Crippen molar-refractivity contribution >= 4 is 44.4 Å². The van der Waals surface area contributed by atoms with Gasteiger partial charge in [0.2, 0.25) is 0 Å². The van der Waals surface area contributed by atoms with Gasteiger partial charge < -0.3 is 9.73 Å². The highest BCUT2D eigenvalue weighted by atomic mass is 79.9. The molecule has 0 fully saturated rings. The third-order valence-corrected chi connectivity index (χ3v) is 2.92. The van der Waals surface area contributed by atoms with E-state index in [1.165, 1.54) is 0 Å². The molecule has 0 aliphatic carbocycles. The fourth-order valence-electron chi connectivity index (χ4n) is 1.40. The Kier molecular flexibility index (Phi) is 3.54. The number of hydrogen-bond donors (Lipinski definition) is 1. The largest absolute Gasteiger partial charge is 0.450 e. The number of carbonyl (C=O) groups is 1. The van der Waals surface area contributed by atoms with E-state index in [4.69, 9.17) is 16.0 Å². The Morgan fingerprint density at radius 2 is 2.29 bits per heavy atom. The molecule has 17 heavy (non-hydrogen) atoms. The van der Waals surface area contributed by atoms with Gasteiger partial charge in [-0.3, -0.25) is 4.79 Å². The van der Waals surface area contributed by atoms with Gasteiger partial charge in [-0.1, -0.05) is 30.3 Å². The third-order valence-electron chi connectivity index (χ3n) is 2.16. The van der Waals surface area contributed by atoms with Crippen molar-refractivity contribution in [3.63, 3.8) is 0 Å². The Hall–Kier alpha value is -1.26. The van der Waals surface area contributed by atoms with E-state index < -0.39 is 0 Å². The van der Waals surface area contributed by atoms with Gasteiger partial charge in [0.15, 0.2) is 5.76 Å². The van der Waals surface area contributed by atoms with Crippen LogP contribution in [-0.4, -0.2) is 12.5 Å². The molecule has 0 unspecified atom stereocenters. The van der Waals surface area contributed by atoms with Crippen molar-refractivity contribution in [1.29, 1.82) is 0 Å². The van der Waals surface area contributed by atoms with Crippen LogP contribution in [0, 0.1) is 0 Å². The number of carbonyl (C=O) groups excluding carboxylic acids is 1. The molecular weight excluding hydrogens is 305 g/mol. The van der Waals surface area contributed by atoms with E-state index in [1.807, 2.05) is 18.2 Å². The number of nitrogens with one attached hydrogen (secondary N) is 1. The molecule has 5 heteroatoms. The number of furan rings is 1. The molecule has 1 N–H and O–H groups in total. The van der Waals surface area contributed by atoms with E-state index >= 15 is 0 Å². The summed E-state index contributed by atoms with van der Waals surface area (Å²) in [5, 5.41) is 3.84. The van der Waals surface area contributed by atoms with Crippen molar-refractivity contribution in [3.05, 3.63) is 46.1 Å². The topological polar surface area (TPSA) is 42.2 Å².